The number of hydrogen-bond acceptors (Lipinski definition) is 4. The number of pyridine rings is 1. The van der Waals surface area contributed by atoms with E-state index >= 15 is 0 Å². The first-order valence-corrected chi connectivity index (χ1v) is 9.02. The predicted molar refractivity (Wildman–Crippen MR) is 98.9 cm³/mol. The Morgan fingerprint density at radius 1 is 1.19 bits per heavy atom. The van der Waals surface area contributed by atoms with Crippen molar-refractivity contribution in [3.63, 3.8) is 0 Å². The molecule has 138 valence electrons. The summed E-state index contributed by atoms with van der Waals surface area (Å²) in [7, 11) is 0. The molecule has 2 aliphatic heterocycles. The van der Waals surface area contributed by atoms with Gasteiger partial charge in [0.25, 0.3) is 5.91 Å². The normalized spacial score (nSPS) is 18.7. The predicted octanol–water partition coefficient (Wildman–Crippen LogP) is 1.35. The quantitative estimate of drug-likeness (QED) is 0.888. The summed E-state index contributed by atoms with van der Waals surface area (Å²) in [5.41, 5.74) is 1.85. The molecular formula is C20H20N4O3. The zero-order valence-corrected chi connectivity index (χ0v) is 14.8. The molecule has 1 aromatic heterocycles. The lowest BCUT2D eigenvalue weighted by molar-refractivity contribution is -0.125. The van der Waals surface area contributed by atoms with Gasteiger partial charge in [-0.1, -0.05) is 18.2 Å². The summed E-state index contributed by atoms with van der Waals surface area (Å²) in [6.45, 7) is 0.795. The molecular weight excluding hydrogens is 344 g/mol. The monoisotopic (exact) mass is 364 g/mol. The smallest absolute Gasteiger partial charge is 0.256 e. The molecule has 1 saturated heterocycles. The molecule has 0 spiro atoms. The number of rotatable bonds is 4. The van der Waals surface area contributed by atoms with Crippen LogP contribution in [0.2, 0.25) is 0 Å². The summed E-state index contributed by atoms with van der Waals surface area (Å²) in [4.78, 5) is 45.5. The first-order chi connectivity index (χ1) is 13.1. The number of nitrogens with one attached hydrogen (secondary N) is 1. The number of benzene rings is 1. The Balaban J connectivity index is 1.56. The number of hydrogen-bond donors (Lipinski definition) is 1. The van der Waals surface area contributed by atoms with Crippen LogP contribution in [0.25, 0.3) is 0 Å². The van der Waals surface area contributed by atoms with Gasteiger partial charge in [0.15, 0.2) is 0 Å². The average molecular weight is 364 g/mol. The Labute approximate surface area is 157 Å². The molecule has 27 heavy (non-hydrogen) atoms. The van der Waals surface area contributed by atoms with Crippen LogP contribution in [0.1, 0.15) is 28.8 Å². The number of anilines is 1. The maximum Gasteiger partial charge on any atom is 0.256 e. The van der Waals surface area contributed by atoms with Crippen molar-refractivity contribution in [3.05, 3.63) is 59.9 Å². The Morgan fingerprint density at radius 2 is 2.04 bits per heavy atom. The Kier molecular flexibility index (Phi) is 4.58. The van der Waals surface area contributed by atoms with E-state index in [4.69, 9.17) is 0 Å². The van der Waals surface area contributed by atoms with Gasteiger partial charge < -0.3 is 15.1 Å². The summed E-state index contributed by atoms with van der Waals surface area (Å²) < 4.78 is 0. The molecule has 2 aliphatic rings. The molecule has 0 aliphatic carbocycles. The molecule has 0 bridgehead atoms. The highest BCUT2D eigenvalue weighted by atomic mass is 16.2. The van der Waals surface area contributed by atoms with Gasteiger partial charge in [-0.2, -0.15) is 0 Å². The van der Waals surface area contributed by atoms with Gasteiger partial charge in [0, 0.05) is 25.5 Å². The minimum atomic E-state index is -0.490. The van der Waals surface area contributed by atoms with Gasteiger partial charge in [-0.15, -0.1) is 0 Å². The molecule has 1 fully saturated rings. The second-order valence-electron chi connectivity index (χ2n) is 6.74. The van der Waals surface area contributed by atoms with Gasteiger partial charge >= 0.3 is 0 Å². The lowest BCUT2D eigenvalue weighted by Crippen LogP contribution is -2.48. The first kappa shape index (κ1) is 17.2. The van der Waals surface area contributed by atoms with E-state index in [1.807, 2.05) is 6.07 Å². The highest BCUT2D eigenvalue weighted by Crippen LogP contribution is 2.32. The highest BCUT2D eigenvalue weighted by molar-refractivity contribution is 6.12. The fourth-order valence-electron chi connectivity index (χ4n) is 3.68. The molecule has 7 nitrogen and oxygen atoms in total. The summed E-state index contributed by atoms with van der Waals surface area (Å²) >= 11 is 0. The van der Waals surface area contributed by atoms with Gasteiger partial charge in [-0.3, -0.25) is 19.4 Å². The van der Waals surface area contributed by atoms with Crippen LogP contribution in [0.4, 0.5) is 5.69 Å². The zero-order valence-electron chi connectivity index (χ0n) is 14.8. The minimum absolute atomic E-state index is 0.117. The molecule has 3 amide bonds. The molecule has 7 heteroatoms. The third-order valence-electron chi connectivity index (χ3n) is 5.00. The van der Waals surface area contributed by atoms with E-state index in [0.717, 1.165) is 12.0 Å². The fraction of sp³-hybridized carbons (Fsp3) is 0.300. The van der Waals surface area contributed by atoms with Crippen molar-refractivity contribution in [1.29, 1.82) is 0 Å². The molecule has 1 aromatic carbocycles. The summed E-state index contributed by atoms with van der Waals surface area (Å²) in [5.74, 6) is -0.608. The van der Waals surface area contributed by atoms with Crippen LogP contribution in [0, 0.1) is 0 Å². The van der Waals surface area contributed by atoms with Gasteiger partial charge in [-0.05, 0) is 36.6 Å². The number of aromatic nitrogens is 1. The van der Waals surface area contributed by atoms with E-state index in [-0.39, 0.29) is 24.3 Å². The number of carbonyl (C=O) groups is 3. The minimum Gasteiger partial charge on any atom is -0.350 e. The molecule has 4 rings (SSSR count). The van der Waals surface area contributed by atoms with E-state index in [9.17, 15) is 14.4 Å². The summed E-state index contributed by atoms with van der Waals surface area (Å²) in [5, 5.41) is 2.82. The van der Waals surface area contributed by atoms with E-state index in [2.05, 4.69) is 10.3 Å². The van der Waals surface area contributed by atoms with Crippen molar-refractivity contribution in [1.82, 2.24) is 15.2 Å². The van der Waals surface area contributed by atoms with Gasteiger partial charge in [-0.25, -0.2) is 0 Å². The van der Waals surface area contributed by atoms with Crippen molar-refractivity contribution < 1.29 is 14.4 Å². The molecule has 1 unspecified atom stereocenters. The molecule has 1 atom stereocenters. The number of para-hydroxylation sites is 1. The van der Waals surface area contributed by atoms with Crippen LogP contribution in [-0.4, -0.2) is 46.7 Å². The van der Waals surface area contributed by atoms with Crippen LogP contribution < -0.4 is 10.2 Å². The first-order valence-electron chi connectivity index (χ1n) is 9.02. The second-order valence-corrected chi connectivity index (χ2v) is 6.74. The van der Waals surface area contributed by atoms with Gasteiger partial charge in [0.1, 0.15) is 12.6 Å². The van der Waals surface area contributed by atoms with E-state index in [0.29, 0.717) is 30.8 Å². The average Bonchev–Trinajstić information content (AvgIpc) is 3.17. The molecule has 3 heterocycles. The zero-order chi connectivity index (χ0) is 18.8. The Bertz CT molecular complexity index is 884. The topological polar surface area (TPSA) is 82.6 Å². The Morgan fingerprint density at radius 3 is 2.85 bits per heavy atom. The van der Waals surface area contributed by atoms with Gasteiger partial charge in [0.2, 0.25) is 11.8 Å². The van der Waals surface area contributed by atoms with Crippen LogP contribution in [0.5, 0.6) is 0 Å². The number of carbonyl (C=O) groups excluding carboxylic acids is 3. The van der Waals surface area contributed by atoms with E-state index in [1.165, 1.54) is 4.90 Å². The fourth-order valence-corrected chi connectivity index (χ4v) is 3.68. The molecule has 2 aromatic rings. The molecule has 0 radical (unpaired) electrons. The van der Waals surface area contributed by atoms with Crippen LogP contribution in [0.15, 0.2) is 48.8 Å². The van der Waals surface area contributed by atoms with E-state index in [1.54, 1.807) is 47.6 Å². The summed E-state index contributed by atoms with van der Waals surface area (Å²) in [6, 6.07) is 10.2. The van der Waals surface area contributed by atoms with Crippen LogP contribution >= 0.6 is 0 Å². The van der Waals surface area contributed by atoms with Crippen molar-refractivity contribution >= 4 is 23.4 Å². The third kappa shape index (κ3) is 3.28. The SMILES string of the molecule is O=C(CN1C(=O)C2CCCN2C(=O)c2ccccc21)NCc1cccnc1. The number of nitrogens with zero attached hydrogens (tertiary/aromatic N) is 3. The number of fused-ring (bicyclic) bond motifs is 2. The molecule has 0 saturated carbocycles. The maximum atomic E-state index is 13.1. The number of amides is 3. The van der Waals surface area contributed by atoms with Crippen molar-refractivity contribution in [2.45, 2.75) is 25.4 Å². The van der Waals surface area contributed by atoms with Gasteiger partial charge in [0.05, 0.1) is 11.3 Å². The largest absolute Gasteiger partial charge is 0.350 e. The summed E-state index contributed by atoms with van der Waals surface area (Å²) in [6.07, 6.45) is 4.78. The lowest BCUT2D eigenvalue weighted by Gasteiger charge is -2.25. The Hall–Kier alpha value is -3.22. The van der Waals surface area contributed by atoms with Crippen LogP contribution in [0.3, 0.4) is 0 Å². The highest BCUT2D eigenvalue weighted by Gasteiger charge is 2.42. The second kappa shape index (κ2) is 7.19. The lowest BCUT2D eigenvalue weighted by atomic mass is 10.1. The van der Waals surface area contributed by atoms with E-state index < -0.39 is 6.04 Å². The van der Waals surface area contributed by atoms with Crippen molar-refractivity contribution in [3.8, 4) is 0 Å². The third-order valence-corrected chi connectivity index (χ3v) is 5.00. The maximum absolute atomic E-state index is 13.1. The van der Waals surface area contributed by atoms with Crippen LogP contribution in [-0.2, 0) is 16.1 Å². The molecule has 1 N–H and O–H groups in total. The van der Waals surface area contributed by atoms with Crippen molar-refractivity contribution in [2.75, 3.05) is 18.0 Å². The van der Waals surface area contributed by atoms with Crippen molar-refractivity contribution in [2.24, 2.45) is 0 Å². The standard InChI is InChI=1S/C20H20N4O3/c25-18(22-12-14-5-3-9-21-11-14)13-24-16-7-2-1-6-15(16)19(26)23-10-4-8-17(23)20(24)27/h1-3,5-7,9,11,17H,4,8,10,12-13H2,(H,22,25).